The van der Waals surface area contributed by atoms with Gasteiger partial charge in [-0.05, 0) is 55.5 Å². The van der Waals surface area contributed by atoms with Crippen LogP contribution >= 0.6 is 0 Å². The van der Waals surface area contributed by atoms with Crippen molar-refractivity contribution in [2.24, 2.45) is 0 Å². The first-order valence-corrected chi connectivity index (χ1v) is 9.39. The lowest BCUT2D eigenvalue weighted by atomic mass is 10.2. The Morgan fingerprint density at radius 3 is 2.10 bits per heavy atom. The van der Waals surface area contributed by atoms with Gasteiger partial charge in [-0.15, -0.1) is 0 Å². The number of hydrogen-bond acceptors (Lipinski definition) is 4. The molecule has 1 aliphatic heterocycles. The monoisotopic (exact) mass is 403 g/mol. The molecule has 29 heavy (non-hydrogen) atoms. The van der Waals surface area contributed by atoms with E-state index in [0.29, 0.717) is 37.6 Å². The SMILES string of the molecule is C[C@H](Oc1ccc(F)cc1)C(=O)N1CCN(CC(=O)Nc2ccc(F)cc2)CC1. The Morgan fingerprint density at radius 1 is 0.966 bits per heavy atom. The fourth-order valence-corrected chi connectivity index (χ4v) is 3.09. The first kappa shape index (κ1) is 20.7. The first-order valence-electron chi connectivity index (χ1n) is 9.39. The summed E-state index contributed by atoms with van der Waals surface area (Å²) >= 11 is 0. The van der Waals surface area contributed by atoms with Gasteiger partial charge in [0.05, 0.1) is 6.54 Å². The minimum absolute atomic E-state index is 0.148. The summed E-state index contributed by atoms with van der Waals surface area (Å²) in [5.74, 6) is -0.630. The second kappa shape index (κ2) is 9.47. The quantitative estimate of drug-likeness (QED) is 0.805. The average molecular weight is 403 g/mol. The smallest absolute Gasteiger partial charge is 0.263 e. The van der Waals surface area contributed by atoms with Gasteiger partial charge in [0.15, 0.2) is 6.10 Å². The predicted molar refractivity (Wildman–Crippen MR) is 105 cm³/mol. The van der Waals surface area contributed by atoms with Gasteiger partial charge in [0, 0.05) is 31.9 Å². The lowest BCUT2D eigenvalue weighted by Crippen LogP contribution is -2.53. The zero-order valence-corrected chi connectivity index (χ0v) is 16.1. The van der Waals surface area contributed by atoms with E-state index in [1.54, 1.807) is 11.8 Å². The number of nitrogens with one attached hydrogen (secondary N) is 1. The van der Waals surface area contributed by atoms with Crippen LogP contribution in [0.25, 0.3) is 0 Å². The Labute approximate surface area is 168 Å². The normalized spacial score (nSPS) is 15.6. The summed E-state index contributed by atoms with van der Waals surface area (Å²) in [6.45, 7) is 3.95. The van der Waals surface area contributed by atoms with E-state index in [-0.39, 0.29) is 30.0 Å². The topological polar surface area (TPSA) is 61.9 Å². The highest BCUT2D eigenvalue weighted by atomic mass is 19.1. The van der Waals surface area contributed by atoms with Crippen LogP contribution < -0.4 is 10.1 Å². The fraction of sp³-hybridized carbons (Fsp3) is 0.333. The summed E-state index contributed by atoms with van der Waals surface area (Å²) in [5.41, 5.74) is 0.539. The van der Waals surface area contributed by atoms with Crippen molar-refractivity contribution in [3.8, 4) is 5.75 Å². The minimum atomic E-state index is -0.686. The third kappa shape index (κ3) is 5.99. The highest BCUT2D eigenvalue weighted by Crippen LogP contribution is 2.15. The lowest BCUT2D eigenvalue weighted by Gasteiger charge is -2.35. The molecule has 1 fully saturated rings. The van der Waals surface area contributed by atoms with Crippen LogP contribution in [0.2, 0.25) is 0 Å². The van der Waals surface area contributed by atoms with Crippen molar-refractivity contribution in [3.63, 3.8) is 0 Å². The molecule has 1 N–H and O–H groups in total. The van der Waals surface area contributed by atoms with E-state index >= 15 is 0 Å². The molecule has 1 atom stereocenters. The summed E-state index contributed by atoms with van der Waals surface area (Å²) in [6.07, 6.45) is -0.686. The molecule has 8 heteroatoms. The predicted octanol–water partition coefficient (Wildman–Crippen LogP) is 2.52. The van der Waals surface area contributed by atoms with Crippen LogP contribution in [0, 0.1) is 11.6 Å². The van der Waals surface area contributed by atoms with E-state index in [9.17, 15) is 18.4 Å². The zero-order chi connectivity index (χ0) is 20.8. The van der Waals surface area contributed by atoms with Gasteiger partial charge in [-0.1, -0.05) is 0 Å². The second-order valence-corrected chi connectivity index (χ2v) is 6.87. The molecule has 0 saturated carbocycles. The lowest BCUT2D eigenvalue weighted by molar-refractivity contribution is -0.139. The number of nitrogens with zero attached hydrogens (tertiary/aromatic N) is 2. The van der Waals surface area contributed by atoms with Crippen molar-refractivity contribution in [1.29, 1.82) is 0 Å². The van der Waals surface area contributed by atoms with E-state index < -0.39 is 6.10 Å². The maximum atomic E-state index is 13.0. The van der Waals surface area contributed by atoms with Gasteiger partial charge in [0.25, 0.3) is 5.91 Å². The fourth-order valence-electron chi connectivity index (χ4n) is 3.09. The summed E-state index contributed by atoms with van der Waals surface area (Å²) in [6, 6.07) is 11.1. The molecule has 0 spiro atoms. The Bertz CT molecular complexity index is 835. The number of piperazine rings is 1. The highest BCUT2D eigenvalue weighted by molar-refractivity contribution is 5.92. The molecule has 0 aliphatic carbocycles. The average Bonchev–Trinajstić information content (AvgIpc) is 2.71. The van der Waals surface area contributed by atoms with E-state index in [1.807, 2.05) is 4.90 Å². The number of rotatable bonds is 6. The first-order chi connectivity index (χ1) is 13.9. The van der Waals surface area contributed by atoms with Gasteiger partial charge < -0.3 is 15.0 Å². The van der Waals surface area contributed by atoms with Crippen molar-refractivity contribution in [2.45, 2.75) is 13.0 Å². The van der Waals surface area contributed by atoms with Gasteiger partial charge in [-0.3, -0.25) is 14.5 Å². The van der Waals surface area contributed by atoms with Gasteiger partial charge in [0.1, 0.15) is 17.4 Å². The molecule has 1 saturated heterocycles. The van der Waals surface area contributed by atoms with E-state index in [4.69, 9.17) is 4.74 Å². The molecule has 1 heterocycles. The maximum Gasteiger partial charge on any atom is 0.263 e. The van der Waals surface area contributed by atoms with Crippen molar-refractivity contribution < 1.29 is 23.1 Å². The molecule has 1 aliphatic rings. The number of ether oxygens (including phenoxy) is 1. The highest BCUT2D eigenvalue weighted by Gasteiger charge is 2.26. The number of halogens is 2. The molecule has 0 unspecified atom stereocenters. The number of hydrogen-bond donors (Lipinski definition) is 1. The van der Waals surface area contributed by atoms with E-state index in [0.717, 1.165) is 0 Å². The van der Waals surface area contributed by atoms with Crippen LogP contribution in [-0.2, 0) is 9.59 Å². The van der Waals surface area contributed by atoms with Crippen LogP contribution in [0.4, 0.5) is 14.5 Å². The van der Waals surface area contributed by atoms with Gasteiger partial charge in [-0.2, -0.15) is 0 Å². The molecule has 2 aromatic rings. The van der Waals surface area contributed by atoms with Crippen LogP contribution in [0.1, 0.15) is 6.92 Å². The molecule has 2 amide bonds. The molecular weight excluding hydrogens is 380 g/mol. The molecule has 2 aromatic carbocycles. The van der Waals surface area contributed by atoms with E-state index in [1.165, 1.54) is 48.5 Å². The third-order valence-electron chi connectivity index (χ3n) is 4.65. The van der Waals surface area contributed by atoms with Crippen molar-refractivity contribution >= 4 is 17.5 Å². The molecule has 0 bridgehead atoms. The van der Waals surface area contributed by atoms with Crippen LogP contribution in [0.15, 0.2) is 48.5 Å². The molecule has 0 aromatic heterocycles. The number of carbonyl (C=O) groups is 2. The van der Waals surface area contributed by atoms with Crippen molar-refractivity contribution in [1.82, 2.24) is 9.80 Å². The number of carbonyl (C=O) groups excluding carboxylic acids is 2. The molecule has 0 radical (unpaired) electrons. The second-order valence-electron chi connectivity index (χ2n) is 6.87. The van der Waals surface area contributed by atoms with Gasteiger partial charge in [0.2, 0.25) is 5.91 Å². The minimum Gasteiger partial charge on any atom is -0.481 e. The summed E-state index contributed by atoms with van der Waals surface area (Å²) in [5, 5.41) is 2.73. The summed E-state index contributed by atoms with van der Waals surface area (Å²) in [4.78, 5) is 28.4. The Balaban J connectivity index is 1.43. The standard InChI is InChI=1S/C21H23F2N3O3/c1-15(29-19-8-4-17(23)5-9-19)21(28)26-12-10-25(11-13-26)14-20(27)24-18-6-2-16(22)3-7-18/h2-9,15H,10-14H2,1H3,(H,24,27)/t15-/m0/s1. The van der Waals surface area contributed by atoms with E-state index in [2.05, 4.69) is 5.32 Å². The Morgan fingerprint density at radius 2 is 1.52 bits per heavy atom. The summed E-state index contributed by atoms with van der Waals surface area (Å²) in [7, 11) is 0. The van der Waals surface area contributed by atoms with Crippen LogP contribution in [0.5, 0.6) is 5.75 Å². The van der Waals surface area contributed by atoms with Gasteiger partial charge in [-0.25, -0.2) is 8.78 Å². The van der Waals surface area contributed by atoms with Crippen LogP contribution in [-0.4, -0.2) is 60.4 Å². The molecule has 3 rings (SSSR count). The molecule has 154 valence electrons. The molecular formula is C21H23F2N3O3. The van der Waals surface area contributed by atoms with Crippen LogP contribution in [0.3, 0.4) is 0 Å². The number of amides is 2. The molecule has 6 nitrogen and oxygen atoms in total. The number of benzene rings is 2. The van der Waals surface area contributed by atoms with Gasteiger partial charge >= 0.3 is 0 Å². The zero-order valence-electron chi connectivity index (χ0n) is 16.1. The largest absolute Gasteiger partial charge is 0.481 e. The Kier molecular flexibility index (Phi) is 6.77. The maximum absolute atomic E-state index is 13.0. The summed E-state index contributed by atoms with van der Waals surface area (Å²) < 4.78 is 31.5. The number of anilines is 1. The van der Waals surface area contributed by atoms with Crippen molar-refractivity contribution in [2.75, 3.05) is 38.0 Å². The third-order valence-corrected chi connectivity index (χ3v) is 4.65. The Hall–Kier alpha value is -3.00. The van der Waals surface area contributed by atoms with Crippen molar-refractivity contribution in [3.05, 3.63) is 60.2 Å².